The predicted molar refractivity (Wildman–Crippen MR) is 97.9 cm³/mol. The molecule has 0 saturated heterocycles. The molecule has 1 aromatic heterocycles. The fourth-order valence-electron chi connectivity index (χ4n) is 2.25. The van der Waals surface area contributed by atoms with Crippen molar-refractivity contribution in [3.05, 3.63) is 77.0 Å². The number of nitriles is 1. The first kappa shape index (κ1) is 18.6. The van der Waals surface area contributed by atoms with Gasteiger partial charge in [0.25, 0.3) is 0 Å². The van der Waals surface area contributed by atoms with Crippen LogP contribution in [0.1, 0.15) is 16.8 Å². The maximum absolute atomic E-state index is 13.3. The van der Waals surface area contributed by atoms with Gasteiger partial charge in [-0.1, -0.05) is 23.9 Å². The van der Waals surface area contributed by atoms with Gasteiger partial charge >= 0.3 is 0 Å². The molecule has 3 rings (SSSR count). The van der Waals surface area contributed by atoms with Crippen molar-refractivity contribution >= 4 is 17.6 Å². The van der Waals surface area contributed by atoms with Crippen LogP contribution in [0.2, 0.25) is 0 Å². The number of ether oxygens (including phenoxy) is 1. The third-order valence-corrected chi connectivity index (χ3v) is 4.47. The number of nitrogens with two attached hydrogens (primary N) is 1. The summed E-state index contributed by atoms with van der Waals surface area (Å²) in [5.74, 6) is 0.240. The average Bonchev–Trinajstić information content (AvgIpc) is 2.66. The maximum atomic E-state index is 13.3. The van der Waals surface area contributed by atoms with E-state index in [1.807, 2.05) is 6.07 Å². The molecule has 0 aliphatic carbocycles. The SMILES string of the molecule is N#Cc1c(N)nc(SCc2cccc(F)c2)nc1COc1ccc(F)cc1. The molecule has 0 spiro atoms. The van der Waals surface area contributed by atoms with Crippen LogP contribution in [-0.2, 0) is 12.4 Å². The lowest BCUT2D eigenvalue weighted by Crippen LogP contribution is -2.08. The summed E-state index contributed by atoms with van der Waals surface area (Å²) in [4.78, 5) is 8.45. The third kappa shape index (κ3) is 4.92. The molecular weight excluding hydrogens is 370 g/mol. The van der Waals surface area contributed by atoms with E-state index in [1.54, 1.807) is 12.1 Å². The Bertz CT molecular complexity index is 990. The number of benzene rings is 2. The molecule has 136 valence electrons. The van der Waals surface area contributed by atoms with Crippen molar-refractivity contribution in [2.24, 2.45) is 0 Å². The Morgan fingerprint density at radius 1 is 1.07 bits per heavy atom. The van der Waals surface area contributed by atoms with Gasteiger partial charge in [-0.25, -0.2) is 18.7 Å². The summed E-state index contributed by atoms with van der Waals surface area (Å²) in [5, 5.41) is 9.65. The van der Waals surface area contributed by atoms with Gasteiger partial charge in [0.1, 0.15) is 47.1 Å². The minimum absolute atomic E-state index is 0.0191. The quantitative estimate of drug-likeness (QED) is 0.509. The molecule has 2 aromatic carbocycles. The lowest BCUT2D eigenvalue weighted by molar-refractivity contribution is 0.299. The molecule has 3 aromatic rings. The molecular formula is C19H14F2N4OS. The van der Waals surface area contributed by atoms with Crippen molar-refractivity contribution in [3.63, 3.8) is 0 Å². The van der Waals surface area contributed by atoms with E-state index in [-0.39, 0.29) is 29.6 Å². The van der Waals surface area contributed by atoms with Gasteiger partial charge in [-0.3, -0.25) is 0 Å². The summed E-state index contributed by atoms with van der Waals surface area (Å²) >= 11 is 1.27. The summed E-state index contributed by atoms with van der Waals surface area (Å²) in [7, 11) is 0. The van der Waals surface area contributed by atoms with E-state index in [9.17, 15) is 14.0 Å². The van der Waals surface area contributed by atoms with Crippen LogP contribution < -0.4 is 10.5 Å². The Hall–Kier alpha value is -3.18. The van der Waals surface area contributed by atoms with Crippen LogP contribution in [0.15, 0.2) is 53.7 Å². The van der Waals surface area contributed by atoms with Gasteiger partial charge in [0.15, 0.2) is 5.16 Å². The van der Waals surface area contributed by atoms with Gasteiger partial charge in [-0.05, 0) is 42.0 Å². The summed E-state index contributed by atoms with van der Waals surface area (Å²) in [6.07, 6.45) is 0. The zero-order valence-corrected chi connectivity index (χ0v) is 14.8. The molecule has 0 unspecified atom stereocenters. The van der Waals surface area contributed by atoms with Gasteiger partial charge in [0.2, 0.25) is 0 Å². The van der Waals surface area contributed by atoms with Crippen LogP contribution in [0, 0.1) is 23.0 Å². The van der Waals surface area contributed by atoms with E-state index in [0.717, 1.165) is 5.56 Å². The van der Waals surface area contributed by atoms with E-state index < -0.39 is 0 Å². The monoisotopic (exact) mass is 384 g/mol. The fourth-order valence-corrected chi connectivity index (χ4v) is 3.06. The number of halogens is 2. The molecule has 0 radical (unpaired) electrons. The Balaban J connectivity index is 1.76. The Labute approximate surface area is 158 Å². The van der Waals surface area contributed by atoms with Crippen LogP contribution in [-0.4, -0.2) is 9.97 Å². The summed E-state index contributed by atoms with van der Waals surface area (Å²) in [5.41, 5.74) is 7.10. The smallest absolute Gasteiger partial charge is 0.190 e. The second-order valence-corrected chi connectivity index (χ2v) is 6.43. The molecule has 0 bridgehead atoms. The molecule has 0 atom stereocenters. The number of rotatable bonds is 6. The van der Waals surface area contributed by atoms with Gasteiger partial charge in [-0.2, -0.15) is 5.26 Å². The molecule has 5 nitrogen and oxygen atoms in total. The van der Waals surface area contributed by atoms with Crippen LogP contribution in [0.5, 0.6) is 5.75 Å². The van der Waals surface area contributed by atoms with Gasteiger partial charge in [0.05, 0.1) is 0 Å². The maximum Gasteiger partial charge on any atom is 0.190 e. The highest BCUT2D eigenvalue weighted by molar-refractivity contribution is 7.98. The number of nitrogen functional groups attached to an aromatic ring is 1. The third-order valence-electron chi connectivity index (χ3n) is 3.55. The molecule has 0 fully saturated rings. The van der Waals surface area contributed by atoms with Crippen LogP contribution in [0.4, 0.5) is 14.6 Å². The molecule has 1 heterocycles. The van der Waals surface area contributed by atoms with Gasteiger partial charge in [0, 0.05) is 5.75 Å². The first-order chi connectivity index (χ1) is 13.0. The molecule has 0 aliphatic heterocycles. The van der Waals surface area contributed by atoms with Crippen molar-refractivity contribution in [1.82, 2.24) is 9.97 Å². The van der Waals surface area contributed by atoms with E-state index in [1.165, 1.54) is 48.2 Å². The lowest BCUT2D eigenvalue weighted by Gasteiger charge is -2.10. The molecule has 8 heteroatoms. The number of hydrogen-bond acceptors (Lipinski definition) is 6. The first-order valence-corrected chi connectivity index (χ1v) is 8.86. The fraction of sp³-hybridized carbons (Fsp3) is 0.105. The van der Waals surface area contributed by atoms with Crippen LogP contribution >= 0.6 is 11.8 Å². The summed E-state index contributed by atoms with van der Waals surface area (Å²) in [6.45, 7) is -0.0191. The summed E-state index contributed by atoms with van der Waals surface area (Å²) < 4.78 is 31.8. The van der Waals surface area contributed by atoms with Crippen LogP contribution in [0.25, 0.3) is 0 Å². The number of thioether (sulfide) groups is 1. The average molecular weight is 384 g/mol. The van der Waals surface area contributed by atoms with Gasteiger partial charge < -0.3 is 10.5 Å². The normalized spacial score (nSPS) is 10.4. The molecule has 0 aliphatic rings. The summed E-state index contributed by atoms with van der Waals surface area (Å²) in [6, 6.07) is 13.7. The Morgan fingerprint density at radius 2 is 1.85 bits per heavy atom. The Kier molecular flexibility index (Phi) is 5.84. The number of hydrogen-bond donors (Lipinski definition) is 1. The zero-order chi connectivity index (χ0) is 19.2. The van der Waals surface area contributed by atoms with E-state index >= 15 is 0 Å². The second-order valence-electron chi connectivity index (χ2n) is 5.49. The van der Waals surface area contributed by atoms with Gasteiger partial charge in [-0.15, -0.1) is 0 Å². The zero-order valence-electron chi connectivity index (χ0n) is 14.0. The highest BCUT2D eigenvalue weighted by Gasteiger charge is 2.14. The van der Waals surface area contributed by atoms with Crippen molar-refractivity contribution in [2.45, 2.75) is 17.5 Å². The standard InChI is InChI=1S/C19H14F2N4OS/c20-13-4-6-15(7-5-13)26-10-17-16(9-22)18(23)25-19(24-17)27-11-12-2-1-3-14(21)8-12/h1-8H,10-11H2,(H2,23,24,25). The Morgan fingerprint density at radius 3 is 2.56 bits per heavy atom. The van der Waals surface area contributed by atoms with Crippen molar-refractivity contribution in [1.29, 1.82) is 5.26 Å². The van der Waals surface area contributed by atoms with E-state index in [4.69, 9.17) is 10.5 Å². The van der Waals surface area contributed by atoms with Crippen molar-refractivity contribution < 1.29 is 13.5 Å². The second kappa shape index (κ2) is 8.47. The minimum Gasteiger partial charge on any atom is -0.487 e. The highest BCUT2D eigenvalue weighted by Crippen LogP contribution is 2.24. The topological polar surface area (TPSA) is 84.8 Å². The predicted octanol–water partition coefficient (Wildman–Crippen LogP) is 4.08. The molecule has 2 N–H and O–H groups in total. The largest absolute Gasteiger partial charge is 0.487 e. The van der Waals surface area contributed by atoms with E-state index in [2.05, 4.69) is 9.97 Å². The number of aromatic nitrogens is 2. The van der Waals surface area contributed by atoms with E-state index in [0.29, 0.717) is 22.4 Å². The molecule has 0 saturated carbocycles. The number of nitrogens with zero attached hydrogens (tertiary/aromatic N) is 3. The van der Waals surface area contributed by atoms with Crippen molar-refractivity contribution in [2.75, 3.05) is 5.73 Å². The highest BCUT2D eigenvalue weighted by atomic mass is 32.2. The number of anilines is 1. The molecule has 0 amide bonds. The van der Waals surface area contributed by atoms with Crippen LogP contribution in [0.3, 0.4) is 0 Å². The first-order valence-electron chi connectivity index (χ1n) is 7.87. The minimum atomic E-state index is -0.373. The lowest BCUT2D eigenvalue weighted by atomic mass is 10.2. The van der Waals surface area contributed by atoms with Crippen molar-refractivity contribution in [3.8, 4) is 11.8 Å². The molecule has 27 heavy (non-hydrogen) atoms.